The standard InChI is InChI=1S/C9H9NO2.C2H6/c11-8-6-4-2-1-3-5-7(6)9(12)10-8;1-2/h2,4H,1,3,5H2,(H,10,11,12);1-2H3. The molecule has 0 aromatic carbocycles. The molecule has 0 aromatic rings. The topological polar surface area (TPSA) is 46.2 Å². The highest BCUT2D eigenvalue weighted by Gasteiger charge is 2.28. The van der Waals surface area contributed by atoms with Crippen molar-refractivity contribution in [3.8, 4) is 0 Å². The molecule has 0 bridgehead atoms. The molecule has 0 atom stereocenters. The average Bonchev–Trinajstić information content (AvgIpc) is 2.44. The van der Waals surface area contributed by atoms with Gasteiger partial charge < -0.3 is 0 Å². The van der Waals surface area contributed by atoms with Crippen molar-refractivity contribution in [3.63, 3.8) is 0 Å². The SMILES string of the molecule is CC.O=C1NC(=O)C2=C1C=CCCC2. The molecular formula is C11H15NO2. The van der Waals surface area contributed by atoms with E-state index in [1.165, 1.54) is 0 Å². The van der Waals surface area contributed by atoms with E-state index in [0.29, 0.717) is 11.1 Å². The highest BCUT2D eigenvalue weighted by atomic mass is 16.2. The summed E-state index contributed by atoms with van der Waals surface area (Å²) >= 11 is 0. The second-order valence-corrected chi connectivity index (χ2v) is 2.97. The minimum absolute atomic E-state index is 0.207. The first-order chi connectivity index (χ1) is 6.79. The molecule has 0 spiro atoms. The lowest BCUT2D eigenvalue weighted by Crippen LogP contribution is -2.23. The molecule has 76 valence electrons. The van der Waals surface area contributed by atoms with Gasteiger partial charge in [0.1, 0.15) is 0 Å². The lowest BCUT2D eigenvalue weighted by atomic mass is 10.1. The third-order valence-electron chi connectivity index (χ3n) is 2.15. The molecule has 0 saturated carbocycles. The van der Waals surface area contributed by atoms with Crippen LogP contribution in [0.5, 0.6) is 0 Å². The van der Waals surface area contributed by atoms with E-state index in [4.69, 9.17) is 0 Å². The van der Waals surface area contributed by atoms with Crippen molar-refractivity contribution < 1.29 is 9.59 Å². The van der Waals surface area contributed by atoms with Gasteiger partial charge in [-0.05, 0) is 19.3 Å². The Morgan fingerprint density at radius 1 is 1.21 bits per heavy atom. The fraction of sp³-hybridized carbons (Fsp3) is 0.455. The molecular weight excluding hydrogens is 178 g/mol. The minimum Gasteiger partial charge on any atom is -0.288 e. The van der Waals surface area contributed by atoms with Crippen LogP contribution in [0.4, 0.5) is 0 Å². The molecule has 2 aliphatic rings. The van der Waals surface area contributed by atoms with Crippen molar-refractivity contribution in [2.45, 2.75) is 33.1 Å². The summed E-state index contributed by atoms with van der Waals surface area (Å²) in [6, 6.07) is 0. The van der Waals surface area contributed by atoms with Gasteiger partial charge in [0.2, 0.25) is 0 Å². The zero-order valence-corrected chi connectivity index (χ0v) is 8.59. The van der Waals surface area contributed by atoms with Gasteiger partial charge in [0, 0.05) is 11.1 Å². The van der Waals surface area contributed by atoms with Gasteiger partial charge in [-0.3, -0.25) is 14.9 Å². The molecule has 3 nitrogen and oxygen atoms in total. The molecule has 0 fully saturated rings. The molecule has 1 heterocycles. The number of hydrogen-bond donors (Lipinski definition) is 1. The quantitative estimate of drug-likeness (QED) is 0.595. The van der Waals surface area contributed by atoms with Crippen LogP contribution in [0.2, 0.25) is 0 Å². The van der Waals surface area contributed by atoms with Crippen LogP contribution in [0.3, 0.4) is 0 Å². The number of carbonyl (C=O) groups is 2. The van der Waals surface area contributed by atoms with E-state index in [2.05, 4.69) is 5.32 Å². The molecule has 0 unspecified atom stereocenters. The molecule has 1 aliphatic heterocycles. The van der Waals surface area contributed by atoms with Crippen LogP contribution in [-0.4, -0.2) is 11.8 Å². The first kappa shape index (κ1) is 10.7. The maximum atomic E-state index is 11.1. The van der Waals surface area contributed by atoms with E-state index < -0.39 is 0 Å². The Hall–Kier alpha value is -1.38. The summed E-state index contributed by atoms with van der Waals surface area (Å²) in [6.07, 6.45) is 6.33. The maximum Gasteiger partial charge on any atom is 0.258 e. The van der Waals surface area contributed by atoms with E-state index in [-0.39, 0.29) is 11.8 Å². The Kier molecular flexibility index (Phi) is 3.63. The predicted octanol–water partition coefficient (Wildman–Crippen LogP) is 1.71. The van der Waals surface area contributed by atoms with Crippen LogP contribution >= 0.6 is 0 Å². The van der Waals surface area contributed by atoms with Crippen LogP contribution in [0.1, 0.15) is 33.1 Å². The van der Waals surface area contributed by atoms with Gasteiger partial charge in [0.15, 0.2) is 0 Å². The second kappa shape index (κ2) is 4.74. The summed E-state index contributed by atoms with van der Waals surface area (Å²) in [5.74, 6) is -0.449. The Bertz CT molecular complexity index is 313. The smallest absolute Gasteiger partial charge is 0.258 e. The van der Waals surface area contributed by atoms with E-state index in [9.17, 15) is 9.59 Å². The van der Waals surface area contributed by atoms with Crippen LogP contribution in [-0.2, 0) is 9.59 Å². The molecule has 0 radical (unpaired) electrons. The molecule has 14 heavy (non-hydrogen) atoms. The van der Waals surface area contributed by atoms with Crippen molar-refractivity contribution in [1.29, 1.82) is 0 Å². The monoisotopic (exact) mass is 193 g/mol. The van der Waals surface area contributed by atoms with Crippen LogP contribution < -0.4 is 5.32 Å². The number of imide groups is 1. The number of nitrogens with one attached hydrogen (secondary N) is 1. The van der Waals surface area contributed by atoms with Crippen molar-refractivity contribution in [3.05, 3.63) is 23.3 Å². The van der Waals surface area contributed by atoms with Crippen molar-refractivity contribution >= 4 is 11.8 Å². The van der Waals surface area contributed by atoms with Crippen molar-refractivity contribution in [1.82, 2.24) is 5.32 Å². The van der Waals surface area contributed by atoms with E-state index >= 15 is 0 Å². The fourth-order valence-corrected chi connectivity index (χ4v) is 1.53. The Balaban J connectivity index is 0.000000461. The lowest BCUT2D eigenvalue weighted by Gasteiger charge is -1.95. The molecule has 2 amide bonds. The number of hydrogen-bond acceptors (Lipinski definition) is 2. The number of amides is 2. The van der Waals surface area contributed by atoms with Gasteiger partial charge in [0.05, 0.1) is 0 Å². The van der Waals surface area contributed by atoms with E-state index in [1.807, 2.05) is 19.9 Å². The van der Waals surface area contributed by atoms with E-state index in [0.717, 1.165) is 19.3 Å². The van der Waals surface area contributed by atoms with Gasteiger partial charge in [-0.1, -0.05) is 26.0 Å². The summed E-state index contributed by atoms with van der Waals surface area (Å²) in [7, 11) is 0. The zero-order valence-electron chi connectivity index (χ0n) is 8.59. The van der Waals surface area contributed by atoms with Crippen molar-refractivity contribution in [2.24, 2.45) is 0 Å². The third kappa shape index (κ3) is 1.92. The highest BCUT2D eigenvalue weighted by molar-refractivity contribution is 6.20. The Morgan fingerprint density at radius 3 is 2.64 bits per heavy atom. The summed E-state index contributed by atoms with van der Waals surface area (Å²) in [5.41, 5.74) is 1.23. The fourth-order valence-electron chi connectivity index (χ4n) is 1.53. The minimum atomic E-state index is -0.242. The van der Waals surface area contributed by atoms with Crippen molar-refractivity contribution in [2.75, 3.05) is 0 Å². The molecule has 3 heteroatoms. The predicted molar refractivity (Wildman–Crippen MR) is 54.5 cm³/mol. The second-order valence-electron chi connectivity index (χ2n) is 2.97. The first-order valence-corrected chi connectivity index (χ1v) is 5.04. The summed E-state index contributed by atoms with van der Waals surface area (Å²) in [6.45, 7) is 4.00. The average molecular weight is 193 g/mol. The lowest BCUT2D eigenvalue weighted by molar-refractivity contribution is -0.124. The molecule has 2 rings (SSSR count). The third-order valence-corrected chi connectivity index (χ3v) is 2.15. The summed E-state index contributed by atoms with van der Waals surface area (Å²) in [5, 5.41) is 2.28. The largest absolute Gasteiger partial charge is 0.288 e. The van der Waals surface area contributed by atoms with Gasteiger partial charge in [-0.2, -0.15) is 0 Å². The van der Waals surface area contributed by atoms with Crippen LogP contribution in [0, 0.1) is 0 Å². The van der Waals surface area contributed by atoms with Gasteiger partial charge in [-0.25, -0.2) is 0 Å². The Labute approximate surface area is 83.9 Å². The summed E-state index contributed by atoms with van der Waals surface area (Å²) < 4.78 is 0. The van der Waals surface area contributed by atoms with Gasteiger partial charge >= 0.3 is 0 Å². The van der Waals surface area contributed by atoms with Crippen LogP contribution in [0.15, 0.2) is 23.3 Å². The van der Waals surface area contributed by atoms with E-state index in [1.54, 1.807) is 6.08 Å². The first-order valence-electron chi connectivity index (χ1n) is 5.04. The van der Waals surface area contributed by atoms with Gasteiger partial charge in [0.25, 0.3) is 11.8 Å². The molecule has 1 N–H and O–H groups in total. The molecule has 0 saturated heterocycles. The van der Waals surface area contributed by atoms with Crippen LogP contribution in [0.25, 0.3) is 0 Å². The molecule has 1 aliphatic carbocycles. The normalized spacial score (nSPS) is 19.6. The number of carbonyl (C=O) groups excluding carboxylic acids is 2. The maximum absolute atomic E-state index is 11.1. The highest BCUT2D eigenvalue weighted by Crippen LogP contribution is 2.22. The Morgan fingerprint density at radius 2 is 1.93 bits per heavy atom. The number of rotatable bonds is 0. The summed E-state index contributed by atoms with van der Waals surface area (Å²) in [4.78, 5) is 22.3. The zero-order chi connectivity index (χ0) is 10.6. The molecule has 0 aromatic heterocycles. The van der Waals surface area contributed by atoms with Gasteiger partial charge in [-0.15, -0.1) is 0 Å². The number of allylic oxidation sites excluding steroid dienone is 1.